The Hall–Kier alpha value is -2.72. The van der Waals surface area contributed by atoms with Crippen molar-refractivity contribution in [2.45, 2.75) is 38.3 Å². The summed E-state index contributed by atoms with van der Waals surface area (Å²) in [6.45, 7) is 2.82. The fourth-order valence-corrected chi connectivity index (χ4v) is 4.72. The van der Waals surface area contributed by atoms with Gasteiger partial charge in [0.2, 0.25) is 0 Å². The number of hydrogen-bond acceptors (Lipinski definition) is 1. The van der Waals surface area contributed by atoms with E-state index in [0.29, 0.717) is 20.6 Å². The van der Waals surface area contributed by atoms with E-state index < -0.39 is 0 Å². The van der Waals surface area contributed by atoms with Crippen molar-refractivity contribution >= 4 is 40.7 Å². The van der Waals surface area contributed by atoms with E-state index >= 15 is 0 Å². The third-order valence-electron chi connectivity index (χ3n) is 6.25. The molecule has 1 aromatic heterocycles. The summed E-state index contributed by atoms with van der Waals surface area (Å²) in [5.74, 6) is -0.0857. The van der Waals surface area contributed by atoms with Gasteiger partial charge in [-0.2, -0.15) is 0 Å². The molecule has 35 heavy (non-hydrogen) atoms. The molecule has 1 heterocycles. The summed E-state index contributed by atoms with van der Waals surface area (Å²) in [6, 6.07) is 25.0. The van der Waals surface area contributed by atoms with Crippen LogP contribution in [-0.4, -0.2) is 16.5 Å². The van der Waals surface area contributed by atoms with Crippen LogP contribution in [0.25, 0.3) is 0 Å². The summed E-state index contributed by atoms with van der Waals surface area (Å²) >= 11 is 18.5. The molecule has 0 aliphatic rings. The van der Waals surface area contributed by atoms with E-state index in [2.05, 4.69) is 9.88 Å². The minimum Gasteiger partial charge on any atom is -0.354 e. The van der Waals surface area contributed by atoms with Crippen molar-refractivity contribution in [3.8, 4) is 0 Å². The van der Waals surface area contributed by atoms with Gasteiger partial charge in [0.25, 0.3) is 5.91 Å². The molecular weight excluding hydrogens is 499 g/mol. The maximum absolute atomic E-state index is 13.5. The van der Waals surface area contributed by atoms with Crippen molar-refractivity contribution in [1.82, 2.24) is 9.88 Å². The summed E-state index contributed by atoms with van der Waals surface area (Å²) < 4.78 is 2.10. The number of nitrogens with one attached hydrogen (secondary N) is 1. The molecule has 0 saturated heterocycles. The molecule has 2 unspecified atom stereocenters. The van der Waals surface area contributed by atoms with E-state index in [0.717, 1.165) is 36.1 Å². The summed E-state index contributed by atoms with van der Waals surface area (Å²) in [7, 11) is 0. The van der Waals surface area contributed by atoms with Crippen LogP contribution in [0, 0.1) is 0 Å². The number of rotatable bonds is 9. The second-order valence-electron chi connectivity index (χ2n) is 8.72. The maximum Gasteiger partial charge on any atom is 0.251 e. The van der Waals surface area contributed by atoms with Crippen LogP contribution in [0.15, 0.2) is 91.3 Å². The zero-order chi connectivity index (χ0) is 24.8. The minimum atomic E-state index is -0.143. The lowest BCUT2D eigenvalue weighted by Crippen LogP contribution is -2.38. The quantitative estimate of drug-likeness (QED) is 0.237. The molecule has 0 aliphatic heterocycles. The minimum absolute atomic E-state index is 0.0416. The highest BCUT2D eigenvalue weighted by atomic mass is 35.5. The number of aryl methyl sites for hydroxylation is 2. The first kappa shape index (κ1) is 25.4. The van der Waals surface area contributed by atoms with Gasteiger partial charge >= 0.3 is 0 Å². The lowest BCUT2D eigenvalue weighted by Gasteiger charge is -2.26. The first-order valence-electron chi connectivity index (χ1n) is 11.6. The average Bonchev–Trinajstić information content (AvgIpc) is 3.37. The summed E-state index contributed by atoms with van der Waals surface area (Å²) in [6.07, 6.45) is 5.51. The Kier molecular flexibility index (Phi) is 8.56. The van der Waals surface area contributed by atoms with Gasteiger partial charge in [0, 0.05) is 51.5 Å². The number of benzene rings is 3. The van der Waals surface area contributed by atoms with Crippen LogP contribution < -0.4 is 5.32 Å². The van der Waals surface area contributed by atoms with Gasteiger partial charge in [-0.05, 0) is 85.0 Å². The zero-order valence-corrected chi connectivity index (χ0v) is 21.7. The largest absolute Gasteiger partial charge is 0.354 e. The first-order valence-corrected chi connectivity index (χ1v) is 12.7. The SMILES string of the molecule is CC(NC(=O)c1cc(Cl)ccc1CCn1cccc1)C(Cc1ccc(Cl)cc1)c1ccc(Cl)cc1. The van der Waals surface area contributed by atoms with Gasteiger partial charge in [-0.1, -0.05) is 65.1 Å². The Balaban J connectivity index is 1.55. The van der Waals surface area contributed by atoms with Crippen molar-refractivity contribution in [3.05, 3.63) is 129 Å². The fraction of sp³-hybridized carbons (Fsp3) is 0.207. The van der Waals surface area contributed by atoms with E-state index in [1.807, 2.05) is 92.1 Å². The number of carbonyl (C=O) groups excluding carboxylic acids is 1. The Labute approximate surface area is 221 Å². The lowest BCUT2D eigenvalue weighted by atomic mass is 9.86. The number of carbonyl (C=O) groups is 1. The lowest BCUT2D eigenvalue weighted by molar-refractivity contribution is 0.0933. The Morgan fingerprint density at radius 1 is 0.857 bits per heavy atom. The summed E-state index contributed by atoms with van der Waals surface area (Å²) in [5, 5.41) is 5.17. The van der Waals surface area contributed by atoms with E-state index in [-0.39, 0.29) is 17.9 Å². The van der Waals surface area contributed by atoms with Gasteiger partial charge in [-0.3, -0.25) is 4.79 Å². The van der Waals surface area contributed by atoms with Crippen LogP contribution in [0.1, 0.15) is 39.9 Å². The number of hydrogen-bond donors (Lipinski definition) is 1. The molecule has 3 nitrogen and oxygen atoms in total. The molecule has 1 amide bonds. The van der Waals surface area contributed by atoms with Gasteiger partial charge in [0.05, 0.1) is 0 Å². The molecule has 6 heteroatoms. The van der Waals surface area contributed by atoms with Crippen LogP contribution >= 0.6 is 34.8 Å². The molecule has 4 rings (SSSR count). The predicted molar refractivity (Wildman–Crippen MR) is 146 cm³/mol. The van der Waals surface area contributed by atoms with E-state index in [1.165, 1.54) is 0 Å². The smallest absolute Gasteiger partial charge is 0.251 e. The van der Waals surface area contributed by atoms with E-state index in [4.69, 9.17) is 34.8 Å². The number of amides is 1. The van der Waals surface area contributed by atoms with Crippen molar-refractivity contribution in [1.29, 1.82) is 0 Å². The van der Waals surface area contributed by atoms with Gasteiger partial charge in [-0.25, -0.2) is 0 Å². The molecule has 3 aromatic carbocycles. The maximum atomic E-state index is 13.5. The molecule has 0 saturated carbocycles. The molecule has 0 aliphatic carbocycles. The zero-order valence-electron chi connectivity index (χ0n) is 19.4. The summed E-state index contributed by atoms with van der Waals surface area (Å²) in [5.41, 5.74) is 3.83. The molecule has 0 fully saturated rings. The number of aromatic nitrogens is 1. The van der Waals surface area contributed by atoms with Gasteiger partial charge in [0.15, 0.2) is 0 Å². The molecule has 4 aromatic rings. The molecule has 0 spiro atoms. The summed E-state index contributed by atoms with van der Waals surface area (Å²) in [4.78, 5) is 13.5. The molecule has 0 radical (unpaired) electrons. The van der Waals surface area contributed by atoms with Gasteiger partial charge in [0.1, 0.15) is 0 Å². The number of halogens is 3. The topological polar surface area (TPSA) is 34.0 Å². The van der Waals surface area contributed by atoms with Gasteiger partial charge in [-0.15, -0.1) is 0 Å². The third-order valence-corrected chi connectivity index (χ3v) is 6.99. The van der Waals surface area contributed by atoms with Gasteiger partial charge < -0.3 is 9.88 Å². The molecular formula is C29H27Cl3N2O. The Bertz CT molecular complexity index is 1250. The van der Waals surface area contributed by atoms with Crippen molar-refractivity contribution in [3.63, 3.8) is 0 Å². The van der Waals surface area contributed by atoms with Crippen LogP contribution in [-0.2, 0) is 19.4 Å². The molecule has 2 atom stereocenters. The molecule has 0 bridgehead atoms. The highest BCUT2D eigenvalue weighted by Gasteiger charge is 2.23. The van der Waals surface area contributed by atoms with E-state index in [1.54, 1.807) is 6.07 Å². The standard InChI is InChI=1S/C29H27Cl3N2O/c1-20(27(22-6-11-25(31)12-7-22)18-21-4-9-24(30)10-5-21)33-29(35)28-19-26(32)13-8-23(28)14-17-34-15-2-3-16-34/h2-13,15-16,19-20,27H,14,17-18H2,1H3,(H,33,35). The highest BCUT2D eigenvalue weighted by molar-refractivity contribution is 6.31. The molecule has 180 valence electrons. The average molecular weight is 526 g/mol. The Morgan fingerprint density at radius 3 is 2.11 bits per heavy atom. The van der Waals surface area contributed by atoms with Crippen LogP contribution in [0.3, 0.4) is 0 Å². The second kappa shape index (κ2) is 11.8. The van der Waals surface area contributed by atoms with Crippen LogP contribution in [0.5, 0.6) is 0 Å². The van der Waals surface area contributed by atoms with Crippen molar-refractivity contribution < 1.29 is 4.79 Å². The molecule has 1 N–H and O–H groups in total. The number of nitrogens with zero attached hydrogens (tertiary/aromatic N) is 1. The monoisotopic (exact) mass is 524 g/mol. The van der Waals surface area contributed by atoms with Crippen LogP contribution in [0.4, 0.5) is 0 Å². The van der Waals surface area contributed by atoms with Crippen molar-refractivity contribution in [2.24, 2.45) is 0 Å². The van der Waals surface area contributed by atoms with Crippen molar-refractivity contribution in [2.75, 3.05) is 0 Å². The third kappa shape index (κ3) is 6.91. The second-order valence-corrected chi connectivity index (χ2v) is 10.0. The fourth-order valence-electron chi connectivity index (χ4n) is 4.30. The first-order chi connectivity index (χ1) is 16.9. The normalized spacial score (nSPS) is 12.8. The predicted octanol–water partition coefficient (Wildman–Crippen LogP) is 7.84. The highest BCUT2D eigenvalue weighted by Crippen LogP contribution is 2.27. The van der Waals surface area contributed by atoms with E-state index in [9.17, 15) is 4.79 Å². The van der Waals surface area contributed by atoms with Crippen LogP contribution in [0.2, 0.25) is 15.1 Å². The Morgan fingerprint density at radius 2 is 1.46 bits per heavy atom.